The lowest BCUT2D eigenvalue weighted by molar-refractivity contribution is 0.0264. The predicted octanol–water partition coefficient (Wildman–Crippen LogP) is 1.56. The molecule has 114 valence electrons. The van der Waals surface area contributed by atoms with Crippen LogP contribution in [0.5, 0.6) is 0 Å². The van der Waals surface area contributed by atoms with Gasteiger partial charge in [-0.25, -0.2) is 13.1 Å². The molecule has 5 nitrogen and oxygen atoms in total. The molecule has 1 aromatic heterocycles. The molecule has 0 amide bonds. The summed E-state index contributed by atoms with van der Waals surface area (Å²) < 4.78 is 32.9. The molecule has 0 spiro atoms. The van der Waals surface area contributed by atoms with E-state index in [-0.39, 0.29) is 5.41 Å². The molecule has 0 bridgehead atoms. The van der Waals surface area contributed by atoms with Crippen molar-refractivity contribution in [3.8, 4) is 0 Å². The van der Waals surface area contributed by atoms with Crippen molar-refractivity contribution in [3.63, 3.8) is 0 Å². The van der Waals surface area contributed by atoms with Crippen molar-refractivity contribution in [2.75, 3.05) is 26.8 Å². The predicted molar refractivity (Wildman–Crippen MR) is 80.4 cm³/mol. The fourth-order valence-electron chi connectivity index (χ4n) is 2.25. The summed E-state index contributed by atoms with van der Waals surface area (Å²) in [5.41, 5.74) is -0.00941. The summed E-state index contributed by atoms with van der Waals surface area (Å²) in [7, 11) is -1.62. The van der Waals surface area contributed by atoms with Crippen molar-refractivity contribution >= 4 is 21.4 Å². The summed E-state index contributed by atoms with van der Waals surface area (Å²) in [5, 5.41) is 4.81. The van der Waals surface area contributed by atoms with Gasteiger partial charge in [0.1, 0.15) is 0 Å². The highest BCUT2D eigenvalue weighted by Crippen LogP contribution is 2.30. The maximum atomic E-state index is 12.4. The minimum absolute atomic E-state index is 0.00941. The van der Waals surface area contributed by atoms with E-state index in [1.54, 1.807) is 6.07 Å². The van der Waals surface area contributed by atoms with E-state index in [0.29, 0.717) is 31.2 Å². The molecule has 1 saturated heterocycles. The topological polar surface area (TPSA) is 67.4 Å². The number of thiophene rings is 1. The lowest BCUT2D eigenvalue weighted by Gasteiger charge is -2.33. The second-order valence-corrected chi connectivity index (χ2v) is 8.22. The molecule has 2 heterocycles. The third kappa shape index (κ3) is 3.79. The van der Waals surface area contributed by atoms with Crippen LogP contribution in [0, 0.1) is 5.41 Å². The fraction of sp³-hybridized carbons (Fsp3) is 0.692. The van der Waals surface area contributed by atoms with Crippen molar-refractivity contribution in [2.45, 2.75) is 31.2 Å². The van der Waals surface area contributed by atoms with E-state index in [0.717, 1.165) is 17.7 Å². The van der Waals surface area contributed by atoms with E-state index >= 15 is 0 Å². The summed E-state index contributed by atoms with van der Waals surface area (Å²) >= 11 is 1.46. The molecular weight excluding hydrogens is 296 g/mol. The van der Waals surface area contributed by atoms with Crippen LogP contribution in [0.2, 0.25) is 0 Å². The number of nitrogens with one attached hydrogen (secondary N) is 2. The van der Waals surface area contributed by atoms with E-state index in [1.807, 2.05) is 12.4 Å². The van der Waals surface area contributed by atoms with Crippen LogP contribution in [0.3, 0.4) is 0 Å². The lowest BCUT2D eigenvalue weighted by atomic mass is 9.83. The van der Waals surface area contributed by atoms with Gasteiger partial charge in [-0.15, -0.1) is 11.3 Å². The molecule has 1 aliphatic rings. The summed E-state index contributed by atoms with van der Waals surface area (Å²) in [6, 6.07) is 1.67. The van der Waals surface area contributed by atoms with Gasteiger partial charge in [-0.1, -0.05) is 6.92 Å². The first kappa shape index (κ1) is 15.9. The van der Waals surface area contributed by atoms with Crippen molar-refractivity contribution in [1.29, 1.82) is 0 Å². The molecule has 0 atom stereocenters. The number of hydrogen-bond donors (Lipinski definition) is 2. The maximum Gasteiger partial charge on any atom is 0.241 e. The van der Waals surface area contributed by atoms with Crippen molar-refractivity contribution in [3.05, 3.63) is 16.3 Å². The van der Waals surface area contributed by atoms with Crippen LogP contribution in [0.15, 0.2) is 16.3 Å². The van der Waals surface area contributed by atoms with Crippen LogP contribution in [-0.2, 0) is 21.3 Å². The summed E-state index contributed by atoms with van der Waals surface area (Å²) in [5.74, 6) is 0. The molecule has 0 aromatic carbocycles. The molecule has 0 aliphatic carbocycles. The van der Waals surface area contributed by atoms with Gasteiger partial charge in [-0.3, -0.25) is 0 Å². The molecule has 2 N–H and O–H groups in total. The Kier molecular flexibility index (Phi) is 5.19. The quantitative estimate of drug-likeness (QED) is 0.835. The average Bonchev–Trinajstić information content (AvgIpc) is 2.87. The SMILES string of the molecule is CNCc1sccc1S(=O)(=O)NCC1(C)CCOCC1. The van der Waals surface area contributed by atoms with Crippen LogP contribution in [0.1, 0.15) is 24.6 Å². The molecule has 1 fully saturated rings. The summed E-state index contributed by atoms with van der Waals surface area (Å²) in [6.07, 6.45) is 1.78. The molecular formula is C13H22N2O3S2. The van der Waals surface area contributed by atoms with Gasteiger partial charge in [0.15, 0.2) is 0 Å². The van der Waals surface area contributed by atoms with Gasteiger partial charge in [-0.2, -0.15) is 0 Å². The number of ether oxygens (including phenoxy) is 1. The number of hydrogen-bond acceptors (Lipinski definition) is 5. The minimum atomic E-state index is -3.43. The second kappa shape index (κ2) is 6.53. The van der Waals surface area contributed by atoms with Gasteiger partial charge in [0.05, 0.1) is 4.90 Å². The molecule has 0 unspecified atom stereocenters. The van der Waals surface area contributed by atoms with Crippen molar-refractivity contribution in [1.82, 2.24) is 10.0 Å². The Morgan fingerprint density at radius 3 is 2.75 bits per heavy atom. The van der Waals surface area contributed by atoms with Crippen molar-refractivity contribution < 1.29 is 13.2 Å². The van der Waals surface area contributed by atoms with Gasteiger partial charge in [-0.05, 0) is 36.8 Å². The third-order valence-corrected chi connectivity index (χ3v) is 6.26. The van der Waals surface area contributed by atoms with Crippen LogP contribution < -0.4 is 10.0 Å². The fourth-order valence-corrected chi connectivity index (χ4v) is 4.90. The molecule has 1 aromatic rings. The molecule has 2 rings (SSSR count). The van der Waals surface area contributed by atoms with Crippen molar-refractivity contribution in [2.24, 2.45) is 5.41 Å². The largest absolute Gasteiger partial charge is 0.381 e. The Labute approximate surface area is 124 Å². The Bertz CT molecular complexity index is 534. The highest BCUT2D eigenvalue weighted by Gasteiger charge is 2.30. The zero-order valence-corrected chi connectivity index (χ0v) is 13.6. The highest BCUT2D eigenvalue weighted by molar-refractivity contribution is 7.89. The van der Waals surface area contributed by atoms with E-state index in [4.69, 9.17) is 4.74 Å². The number of sulfonamides is 1. The molecule has 0 radical (unpaired) electrons. The zero-order chi connectivity index (χ0) is 14.6. The normalized spacial score (nSPS) is 19.1. The van der Waals surface area contributed by atoms with Crippen LogP contribution >= 0.6 is 11.3 Å². The van der Waals surface area contributed by atoms with Gasteiger partial charge >= 0.3 is 0 Å². The first-order valence-electron chi connectivity index (χ1n) is 6.75. The Morgan fingerprint density at radius 2 is 2.10 bits per heavy atom. The van der Waals surface area contributed by atoms with Crippen LogP contribution in [0.25, 0.3) is 0 Å². The number of rotatable bonds is 6. The minimum Gasteiger partial charge on any atom is -0.381 e. The maximum absolute atomic E-state index is 12.4. The smallest absolute Gasteiger partial charge is 0.241 e. The van der Waals surface area contributed by atoms with Crippen LogP contribution in [0.4, 0.5) is 0 Å². The van der Waals surface area contributed by atoms with E-state index in [1.165, 1.54) is 11.3 Å². The average molecular weight is 318 g/mol. The Balaban J connectivity index is 2.05. The van der Waals surface area contributed by atoms with Gasteiger partial charge in [0.2, 0.25) is 10.0 Å². The summed E-state index contributed by atoms with van der Waals surface area (Å²) in [6.45, 7) is 4.57. The lowest BCUT2D eigenvalue weighted by Crippen LogP contribution is -2.39. The third-order valence-electron chi connectivity index (χ3n) is 3.72. The van der Waals surface area contributed by atoms with Gasteiger partial charge in [0.25, 0.3) is 0 Å². The molecule has 1 aliphatic heterocycles. The highest BCUT2D eigenvalue weighted by atomic mass is 32.2. The second-order valence-electron chi connectivity index (χ2n) is 5.49. The first-order valence-corrected chi connectivity index (χ1v) is 9.11. The zero-order valence-electron chi connectivity index (χ0n) is 11.9. The monoisotopic (exact) mass is 318 g/mol. The van der Waals surface area contributed by atoms with E-state index in [9.17, 15) is 8.42 Å². The standard InChI is InChI=1S/C13H22N2O3S2/c1-13(4-6-18-7-5-13)10-15-20(16,17)12-3-8-19-11(12)9-14-2/h3,8,14-15H,4-7,9-10H2,1-2H3. The van der Waals surface area contributed by atoms with E-state index < -0.39 is 10.0 Å². The Hall–Kier alpha value is -0.470. The van der Waals surface area contributed by atoms with Crippen LogP contribution in [-0.4, -0.2) is 35.2 Å². The van der Waals surface area contributed by atoms with Gasteiger partial charge in [0, 0.05) is 31.2 Å². The van der Waals surface area contributed by atoms with E-state index in [2.05, 4.69) is 17.0 Å². The Morgan fingerprint density at radius 1 is 1.40 bits per heavy atom. The first-order chi connectivity index (χ1) is 9.47. The summed E-state index contributed by atoms with van der Waals surface area (Å²) in [4.78, 5) is 1.24. The molecule has 20 heavy (non-hydrogen) atoms. The molecule has 7 heteroatoms. The molecule has 0 saturated carbocycles. The van der Waals surface area contributed by atoms with Gasteiger partial charge < -0.3 is 10.1 Å².